The second kappa shape index (κ2) is 7.25. The van der Waals surface area contributed by atoms with E-state index in [4.69, 9.17) is 4.74 Å². The molecule has 3 fully saturated rings. The van der Waals surface area contributed by atoms with Crippen molar-refractivity contribution in [3.63, 3.8) is 0 Å². The van der Waals surface area contributed by atoms with Gasteiger partial charge in [-0.25, -0.2) is 4.79 Å². The molecule has 144 valence electrons. The van der Waals surface area contributed by atoms with E-state index in [9.17, 15) is 19.2 Å². The van der Waals surface area contributed by atoms with E-state index in [1.165, 1.54) is 6.42 Å². The fourth-order valence-corrected chi connectivity index (χ4v) is 3.90. The van der Waals surface area contributed by atoms with Crippen LogP contribution in [0, 0.1) is 11.8 Å². The summed E-state index contributed by atoms with van der Waals surface area (Å²) in [7, 11) is 0. The van der Waals surface area contributed by atoms with E-state index in [0.717, 1.165) is 37.0 Å². The first-order chi connectivity index (χ1) is 12.3. The zero-order valence-corrected chi connectivity index (χ0v) is 15.4. The zero-order chi connectivity index (χ0) is 18.9. The van der Waals surface area contributed by atoms with Crippen LogP contribution in [0.1, 0.15) is 52.4 Å². The molecule has 4 amide bonds. The normalized spacial score (nSPS) is 31.5. The monoisotopic (exact) mass is 365 g/mol. The summed E-state index contributed by atoms with van der Waals surface area (Å²) in [5.74, 6) is -0.974. The van der Waals surface area contributed by atoms with E-state index in [0.29, 0.717) is 5.92 Å². The zero-order valence-electron chi connectivity index (χ0n) is 15.4. The van der Waals surface area contributed by atoms with Gasteiger partial charge in [-0.15, -0.1) is 0 Å². The highest BCUT2D eigenvalue weighted by Crippen LogP contribution is 2.42. The van der Waals surface area contributed by atoms with Crippen LogP contribution in [0.15, 0.2) is 0 Å². The summed E-state index contributed by atoms with van der Waals surface area (Å²) in [6.07, 6.45) is 6.05. The molecule has 1 aliphatic heterocycles. The lowest BCUT2D eigenvalue weighted by atomic mass is 9.86. The van der Waals surface area contributed by atoms with Crippen molar-refractivity contribution in [3.8, 4) is 0 Å². The van der Waals surface area contributed by atoms with Crippen molar-refractivity contribution in [1.82, 2.24) is 15.5 Å². The molecule has 2 saturated carbocycles. The Kier molecular flexibility index (Phi) is 5.20. The van der Waals surface area contributed by atoms with Crippen LogP contribution in [-0.4, -0.2) is 53.4 Å². The number of amides is 4. The molecule has 3 atom stereocenters. The maximum atomic E-state index is 12.4. The highest BCUT2D eigenvalue weighted by atomic mass is 16.5. The van der Waals surface area contributed by atoms with Gasteiger partial charge in [0.2, 0.25) is 0 Å². The van der Waals surface area contributed by atoms with Crippen molar-refractivity contribution in [2.75, 3.05) is 13.2 Å². The lowest BCUT2D eigenvalue weighted by molar-refractivity contribution is -0.151. The Balaban J connectivity index is 1.44. The van der Waals surface area contributed by atoms with Gasteiger partial charge in [0.25, 0.3) is 11.8 Å². The third-order valence-electron chi connectivity index (χ3n) is 5.80. The Morgan fingerprint density at radius 1 is 1.23 bits per heavy atom. The van der Waals surface area contributed by atoms with Crippen molar-refractivity contribution in [2.24, 2.45) is 11.8 Å². The molecule has 2 aliphatic carbocycles. The maximum Gasteiger partial charge on any atom is 0.326 e. The number of nitrogens with zero attached hydrogens (tertiary/aromatic N) is 1. The summed E-state index contributed by atoms with van der Waals surface area (Å²) < 4.78 is 4.96. The van der Waals surface area contributed by atoms with Crippen molar-refractivity contribution in [1.29, 1.82) is 0 Å². The molecule has 0 aromatic heterocycles. The minimum Gasteiger partial charge on any atom is -0.454 e. The van der Waals surface area contributed by atoms with Crippen LogP contribution in [0.4, 0.5) is 4.79 Å². The van der Waals surface area contributed by atoms with Crippen LogP contribution in [0.3, 0.4) is 0 Å². The molecule has 0 unspecified atom stereocenters. The molecule has 8 heteroatoms. The van der Waals surface area contributed by atoms with Gasteiger partial charge >= 0.3 is 12.0 Å². The molecular weight excluding hydrogens is 338 g/mol. The fourth-order valence-electron chi connectivity index (χ4n) is 3.90. The maximum absolute atomic E-state index is 12.4. The first-order valence-electron chi connectivity index (χ1n) is 9.40. The highest BCUT2D eigenvalue weighted by Gasteiger charge is 2.56. The Hall–Kier alpha value is -2.12. The molecule has 0 spiro atoms. The molecule has 8 nitrogen and oxygen atoms in total. The standard InChI is InChI=1S/C18H27N3O5/c1-11-5-3-4-6-13(11)19-14(22)10-26-15(23)9-21-16(24)18(2,12-7-8-12)20-17(21)25/h11-13H,3-10H2,1-2H3,(H,19,22)(H,20,25)/t11-,13+,18-/m1/s1. The number of hydrogen-bond donors (Lipinski definition) is 2. The number of hydrogen-bond acceptors (Lipinski definition) is 5. The van der Waals surface area contributed by atoms with Gasteiger partial charge < -0.3 is 15.4 Å². The molecule has 0 bridgehead atoms. The van der Waals surface area contributed by atoms with Crippen LogP contribution >= 0.6 is 0 Å². The van der Waals surface area contributed by atoms with E-state index < -0.39 is 36.6 Å². The summed E-state index contributed by atoms with van der Waals surface area (Å²) in [6, 6.07) is -0.470. The van der Waals surface area contributed by atoms with Crippen LogP contribution in [-0.2, 0) is 19.1 Å². The number of urea groups is 1. The third-order valence-corrected chi connectivity index (χ3v) is 5.80. The first-order valence-corrected chi connectivity index (χ1v) is 9.40. The number of ether oxygens (including phenoxy) is 1. The summed E-state index contributed by atoms with van der Waals surface area (Å²) >= 11 is 0. The minimum atomic E-state index is -0.925. The van der Waals surface area contributed by atoms with Gasteiger partial charge in [-0.2, -0.15) is 0 Å². The first kappa shape index (κ1) is 18.7. The van der Waals surface area contributed by atoms with E-state index in [1.807, 2.05) is 0 Å². The highest BCUT2D eigenvalue weighted by molar-refractivity contribution is 6.08. The van der Waals surface area contributed by atoms with Gasteiger partial charge in [0, 0.05) is 6.04 Å². The molecular formula is C18H27N3O5. The van der Waals surface area contributed by atoms with Gasteiger partial charge in [0.1, 0.15) is 12.1 Å². The van der Waals surface area contributed by atoms with Gasteiger partial charge in [0.15, 0.2) is 6.61 Å². The molecule has 3 rings (SSSR count). The quantitative estimate of drug-likeness (QED) is 0.538. The topological polar surface area (TPSA) is 105 Å². The summed E-state index contributed by atoms with van der Waals surface area (Å²) in [4.78, 5) is 49.3. The number of carbonyl (C=O) groups is 4. The number of esters is 1. The Morgan fingerprint density at radius 3 is 2.58 bits per heavy atom. The van der Waals surface area contributed by atoms with Crippen LogP contribution in [0.25, 0.3) is 0 Å². The summed E-state index contributed by atoms with van der Waals surface area (Å²) in [5.41, 5.74) is -0.925. The fraction of sp³-hybridized carbons (Fsp3) is 0.778. The average Bonchev–Trinajstić information content (AvgIpc) is 3.41. The lowest BCUT2D eigenvalue weighted by Crippen LogP contribution is -2.46. The molecule has 1 saturated heterocycles. The predicted molar refractivity (Wildman–Crippen MR) is 91.9 cm³/mol. The van der Waals surface area contributed by atoms with E-state index in [2.05, 4.69) is 17.6 Å². The second-order valence-corrected chi connectivity index (χ2v) is 7.89. The third kappa shape index (κ3) is 3.83. The molecule has 3 aliphatic rings. The summed E-state index contributed by atoms with van der Waals surface area (Å²) in [5, 5.41) is 5.57. The summed E-state index contributed by atoms with van der Waals surface area (Å²) in [6.45, 7) is 2.92. The van der Waals surface area contributed by atoms with Crippen LogP contribution < -0.4 is 10.6 Å². The Labute approximate surface area is 153 Å². The van der Waals surface area contributed by atoms with Gasteiger partial charge in [-0.1, -0.05) is 19.8 Å². The Morgan fingerprint density at radius 2 is 1.92 bits per heavy atom. The van der Waals surface area contributed by atoms with E-state index in [1.54, 1.807) is 6.92 Å². The minimum absolute atomic E-state index is 0.111. The average molecular weight is 365 g/mol. The molecule has 0 aromatic rings. The van der Waals surface area contributed by atoms with Crippen molar-refractivity contribution in [3.05, 3.63) is 0 Å². The van der Waals surface area contributed by atoms with E-state index in [-0.39, 0.29) is 17.9 Å². The molecule has 1 heterocycles. The largest absolute Gasteiger partial charge is 0.454 e. The van der Waals surface area contributed by atoms with Crippen molar-refractivity contribution >= 4 is 23.8 Å². The molecule has 0 radical (unpaired) electrons. The predicted octanol–water partition coefficient (Wildman–Crippen LogP) is 0.945. The Bertz CT molecular complexity index is 618. The number of carbonyl (C=O) groups excluding carboxylic acids is 4. The van der Waals surface area contributed by atoms with Gasteiger partial charge in [0.05, 0.1) is 0 Å². The van der Waals surface area contributed by atoms with E-state index >= 15 is 0 Å². The lowest BCUT2D eigenvalue weighted by Gasteiger charge is -2.29. The number of nitrogens with one attached hydrogen (secondary N) is 2. The second-order valence-electron chi connectivity index (χ2n) is 7.89. The number of imide groups is 1. The van der Waals surface area contributed by atoms with Gasteiger partial charge in [-0.3, -0.25) is 19.3 Å². The van der Waals surface area contributed by atoms with Crippen LogP contribution in [0.5, 0.6) is 0 Å². The molecule has 2 N–H and O–H groups in total. The molecule has 0 aromatic carbocycles. The van der Waals surface area contributed by atoms with Gasteiger partial charge in [-0.05, 0) is 44.4 Å². The smallest absolute Gasteiger partial charge is 0.326 e. The van der Waals surface area contributed by atoms with Crippen molar-refractivity contribution < 1.29 is 23.9 Å². The van der Waals surface area contributed by atoms with Crippen LogP contribution in [0.2, 0.25) is 0 Å². The number of rotatable bonds is 6. The SMILES string of the molecule is C[C@@H]1CCCC[C@@H]1NC(=O)COC(=O)CN1C(=O)N[C@](C)(C2CC2)C1=O. The van der Waals surface area contributed by atoms with Crippen molar-refractivity contribution in [2.45, 2.75) is 64.0 Å². The molecule has 26 heavy (non-hydrogen) atoms.